The Morgan fingerprint density at radius 3 is 1.90 bits per heavy atom. The normalized spacial score (nSPS) is 9.70. The van der Waals surface area contributed by atoms with E-state index in [4.69, 9.17) is 10.5 Å². The van der Waals surface area contributed by atoms with Crippen molar-refractivity contribution in [3.63, 3.8) is 0 Å². The van der Waals surface area contributed by atoms with E-state index >= 15 is 0 Å². The summed E-state index contributed by atoms with van der Waals surface area (Å²) in [4.78, 5) is 0. The topological polar surface area (TPSA) is 47.6 Å². The Labute approximate surface area is 118 Å². The highest BCUT2D eigenvalue weighted by Crippen LogP contribution is 2.21. The number of hydrogen-bond donors (Lipinski definition) is 0. The van der Waals surface area contributed by atoms with Crippen LogP contribution in [0.25, 0.3) is 11.6 Å². The number of nitrogens with zero attached hydrogens (tertiary/aromatic N) is 2. The van der Waals surface area contributed by atoms with Crippen LogP contribution in [0.5, 0.6) is 0 Å². The lowest BCUT2D eigenvalue weighted by molar-refractivity contribution is 1.46. The minimum absolute atomic E-state index is 0.114. The molecule has 0 atom stereocenters. The summed E-state index contributed by atoms with van der Waals surface area (Å²) < 4.78 is 0. The van der Waals surface area contributed by atoms with Crippen molar-refractivity contribution in [1.82, 2.24) is 0 Å². The Balaban J connectivity index is 2.46. The standard InChI is InChI=1S/C18H12N2/c19-13-17(14-20)18(16-9-5-2-6-10-16)12-11-15-7-3-1-4-8-15/h1-12H/b12-11+. The molecule has 0 saturated heterocycles. The van der Waals surface area contributed by atoms with E-state index < -0.39 is 0 Å². The summed E-state index contributed by atoms with van der Waals surface area (Å²) in [7, 11) is 0. The molecule has 0 unspecified atom stereocenters. The molecule has 20 heavy (non-hydrogen) atoms. The zero-order valence-corrected chi connectivity index (χ0v) is 10.8. The molecule has 0 aliphatic heterocycles. The molecule has 0 heterocycles. The molecule has 2 rings (SSSR count). The van der Waals surface area contributed by atoms with Gasteiger partial charge in [0.05, 0.1) is 0 Å². The summed E-state index contributed by atoms with van der Waals surface area (Å²) in [5.74, 6) is 0. The van der Waals surface area contributed by atoms with E-state index in [1.807, 2.05) is 85.0 Å². The zero-order valence-electron chi connectivity index (χ0n) is 10.8. The highest BCUT2D eigenvalue weighted by atomic mass is 14.3. The van der Waals surface area contributed by atoms with Gasteiger partial charge in [-0.25, -0.2) is 0 Å². The quantitative estimate of drug-likeness (QED) is 0.610. The fraction of sp³-hybridized carbons (Fsp3) is 0. The van der Waals surface area contributed by atoms with Gasteiger partial charge < -0.3 is 0 Å². The molecule has 2 nitrogen and oxygen atoms in total. The SMILES string of the molecule is N#CC(C#N)=C(/C=C/c1ccccc1)c1ccccc1. The van der Waals surface area contributed by atoms with Gasteiger partial charge in [-0.2, -0.15) is 10.5 Å². The molecule has 0 bridgehead atoms. The lowest BCUT2D eigenvalue weighted by Crippen LogP contribution is -1.86. The van der Waals surface area contributed by atoms with Crippen LogP contribution >= 0.6 is 0 Å². The summed E-state index contributed by atoms with van der Waals surface area (Å²) in [6.07, 6.45) is 3.71. The van der Waals surface area contributed by atoms with E-state index in [0.717, 1.165) is 11.1 Å². The van der Waals surface area contributed by atoms with Crippen molar-refractivity contribution < 1.29 is 0 Å². The van der Waals surface area contributed by atoms with Crippen molar-refractivity contribution in [3.8, 4) is 12.1 Å². The van der Waals surface area contributed by atoms with Crippen molar-refractivity contribution in [2.24, 2.45) is 0 Å². The molecule has 2 aromatic carbocycles. The van der Waals surface area contributed by atoms with Crippen LogP contribution in [-0.2, 0) is 0 Å². The van der Waals surface area contributed by atoms with Gasteiger partial charge in [0.25, 0.3) is 0 Å². The van der Waals surface area contributed by atoms with Gasteiger partial charge in [-0.3, -0.25) is 0 Å². The molecule has 0 radical (unpaired) electrons. The largest absolute Gasteiger partial charge is 0.192 e. The Hall–Kier alpha value is -3.10. The Morgan fingerprint density at radius 1 is 0.800 bits per heavy atom. The van der Waals surface area contributed by atoms with Crippen LogP contribution in [-0.4, -0.2) is 0 Å². The molecule has 0 aliphatic carbocycles. The summed E-state index contributed by atoms with van der Waals surface area (Å²) in [5.41, 5.74) is 2.64. The number of benzene rings is 2. The van der Waals surface area contributed by atoms with Crippen molar-refractivity contribution in [1.29, 1.82) is 10.5 Å². The fourth-order valence-electron chi connectivity index (χ4n) is 1.83. The second-order valence-corrected chi connectivity index (χ2v) is 4.12. The number of rotatable bonds is 3. The number of allylic oxidation sites excluding steroid dienone is 3. The molecule has 0 aromatic heterocycles. The summed E-state index contributed by atoms with van der Waals surface area (Å²) >= 11 is 0. The zero-order chi connectivity index (χ0) is 14.2. The molecule has 0 spiro atoms. The second-order valence-electron chi connectivity index (χ2n) is 4.12. The van der Waals surface area contributed by atoms with Crippen LogP contribution < -0.4 is 0 Å². The first-order valence-electron chi connectivity index (χ1n) is 6.18. The van der Waals surface area contributed by atoms with E-state index in [9.17, 15) is 0 Å². The van der Waals surface area contributed by atoms with Gasteiger partial charge in [-0.15, -0.1) is 0 Å². The summed E-state index contributed by atoms with van der Waals surface area (Å²) in [6, 6.07) is 23.1. The van der Waals surface area contributed by atoms with Crippen LogP contribution in [0, 0.1) is 22.7 Å². The molecular formula is C18H12N2. The van der Waals surface area contributed by atoms with Crippen molar-refractivity contribution in [2.45, 2.75) is 0 Å². The van der Waals surface area contributed by atoms with Gasteiger partial charge in [0, 0.05) is 5.57 Å². The molecule has 0 fully saturated rings. The third-order valence-electron chi connectivity index (χ3n) is 2.82. The van der Waals surface area contributed by atoms with E-state index in [1.165, 1.54) is 0 Å². The number of hydrogen-bond acceptors (Lipinski definition) is 2. The fourth-order valence-corrected chi connectivity index (χ4v) is 1.83. The van der Waals surface area contributed by atoms with Gasteiger partial charge in [0.2, 0.25) is 0 Å². The molecule has 0 N–H and O–H groups in total. The lowest BCUT2D eigenvalue weighted by Gasteiger charge is -2.02. The summed E-state index contributed by atoms with van der Waals surface area (Å²) in [5, 5.41) is 18.2. The maximum atomic E-state index is 9.09. The smallest absolute Gasteiger partial charge is 0.137 e. The van der Waals surface area contributed by atoms with Crippen molar-refractivity contribution in [3.05, 3.63) is 83.4 Å². The first kappa shape index (κ1) is 13.3. The van der Waals surface area contributed by atoms with Crippen molar-refractivity contribution >= 4 is 11.6 Å². The van der Waals surface area contributed by atoms with Crippen LogP contribution in [0.15, 0.2) is 72.3 Å². The third-order valence-corrected chi connectivity index (χ3v) is 2.82. The van der Waals surface area contributed by atoms with Gasteiger partial charge in [-0.05, 0) is 11.1 Å². The average Bonchev–Trinajstić information content (AvgIpc) is 2.53. The molecule has 0 saturated carbocycles. The van der Waals surface area contributed by atoms with Gasteiger partial charge in [0.1, 0.15) is 17.7 Å². The van der Waals surface area contributed by atoms with E-state index in [0.29, 0.717) is 5.57 Å². The molecule has 94 valence electrons. The van der Waals surface area contributed by atoms with Crippen LogP contribution in [0.1, 0.15) is 11.1 Å². The van der Waals surface area contributed by atoms with Crippen molar-refractivity contribution in [2.75, 3.05) is 0 Å². The van der Waals surface area contributed by atoms with Gasteiger partial charge >= 0.3 is 0 Å². The van der Waals surface area contributed by atoms with Crippen LogP contribution in [0.4, 0.5) is 0 Å². The molecular weight excluding hydrogens is 244 g/mol. The van der Waals surface area contributed by atoms with Crippen LogP contribution in [0.3, 0.4) is 0 Å². The Bertz CT molecular complexity index is 696. The third kappa shape index (κ3) is 3.22. The Morgan fingerprint density at radius 2 is 1.35 bits per heavy atom. The van der Waals surface area contributed by atoms with E-state index in [1.54, 1.807) is 0 Å². The predicted octanol–water partition coefficient (Wildman–Crippen LogP) is 4.20. The molecule has 0 amide bonds. The number of nitriles is 2. The highest BCUT2D eigenvalue weighted by Gasteiger charge is 2.05. The minimum atomic E-state index is 0.114. The Kier molecular flexibility index (Phi) is 4.49. The van der Waals surface area contributed by atoms with Gasteiger partial charge in [0.15, 0.2) is 0 Å². The van der Waals surface area contributed by atoms with E-state index in [-0.39, 0.29) is 5.57 Å². The monoisotopic (exact) mass is 256 g/mol. The second kappa shape index (κ2) is 6.73. The van der Waals surface area contributed by atoms with E-state index in [2.05, 4.69) is 0 Å². The first-order chi connectivity index (χ1) is 9.85. The van der Waals surface area contributed by atoms with Gasteiger partial charge in [-0.1, -0.05) is 72.8 Å². The molecule has 0 aliphatic rings. The average molecular weight is 256 g/mol. The summed E-state index contributed by atoms with van der Waals surface area (Å²) in [6.45, 7) is 0. The predicted molar refractivity (Wildman–Crippen MR) is 80.1 cm³/mol. The maximum Gasteiger partial charge on any atom is 0.137 e. The van der Waals surface area contributed by atoms with Crippen LogP contribution in [0.2, 0.25) is 0 Å². The minimum Gasteiger partial charge on any atom is -0.192 e. The maximum absolute atomic E-state index is 9.09. The highest BCUT2D eigenvalue weighted by molar-refractivity contribution is 5.85. The lowest BCUT2D eigenvalue weighted by atomic mass is 10.00. The molecule has 2 heteroatoms. The molecule has 2 aromatic rings. The first-order valence-corrected chi connectivity index (χ1v) is 6.18.